The summed E-state index contributed by atoms with van der Waals surface area (Å²) in [7, 11) is 0. The summed E-state index contributed by atoms with van der Waals surface area (Å²) in [5, 5.41) is 3.64. The van der Waals surface area contributed by atoms with Crippen LogP contribution in [0.5, 0.6) is 0 Å². The van der Waals surface area contributed by atoms with Gasteiger partial charge in [-0.3, -0.25) is 0 Å². The average Bonchev–Trinajstić information content (AvgIpc) is 3.00. The lowest BCUT2D eigenvalue weighted by Crippen LogP contribution is -2.06. The van der Waals surface area contributed by atoms with Crippen molar-refractivity contribution >= 4 is 22.5 Å². The molecule has 0 spiro atoms. The van der Waals surface area contributed by atoms with Gasteiger partial charge >= 0.3 is 0 Å². The Morgan fingerprint density at radius 1 is 0.935 bits per heavy atom. The molecule has 3 N–H and O–H groups in total. The van der Waals surface area contributed by atoms with E-state index >= 15 is 0 Å². The molecule has 1 aliphatic rings. The highest BCUT2D eigenvalue weighted by molar-refractivity contribution is 5.76. The number of aromatic nitrogens is 3. The Kier molecular flexibility index (Phi) is 4.98. The molecule has 5 nitrogen and oxygen atoms in total. The van der Waals surface area contributed by atoms with E-state index in [9.17, 15) is 0 Å². The minimum absolute atomic E-state index is 0.579. The lowest BCUT2D eigenvalue weighted by Gasteiger charge is -2.13. The number of rotatable bonds is 4. The minimum atomic E-state index is 0.579. The van der Waals surface area contributed by atoms with E-state index in [0.717, 1.165) is 48.5 Å². The average molecular weight is 412 g/mol. The van der Waals surface area contributed by atoms with E-state index in [-0.39, 0.29) is 0 Å². The summed E-state index contributed by atoms with van der Waals surface area (Å²) in [6.07, 6.45) is 2.92. The second-order valence-electron chi connectivity index (χ2n) is 8.53. The van der Waals surface area contributed by atoms with Crippen LogP contribution in [0.1, 0.15) is 46.3 Å². The van der Waals surface area contributed by atoms with Gasteiger partial charge in [0, 0.05) is 30.0 Å². The fourth-order valence-corrected chi connectivity index (χ4v) is 4.66. The normalized spacial score (nSPS) is 12.9. The Hall–Kier alpha value is -3.18. The fraction of sp³-hybridized carbons (Fsp3) is 0.308. The molecule has 0 unspecified atom stereocenters. The van der Waals surface area contributed by atoms with Crippen LogP contribution in [0.4, 0.5) is 11.4 Å². The number of anilines is 2. The number of nitrogens with two attached hydrogens (primary N) is 1. The summed E-state index contributed by atoms with van der Waals surface area (Å²) in [5.74, 6) is 1.09. The Labute approximate surface area is 183 Å². The Morgan fingerprint density at radius 3 is 2.29 bits per heavy atom. The molecule has 0 fully saturated rings. The molecule has 5 rings (SSSR count). The van der Waals surface area contributed by atoms with Crippen LogP contribution < -0.4 is 11.1 Å². The zero-order chi connectivity index (χ0) is 21.5. The van der Waals surface area contributed by atoms with Crippen molar-refractivity contribution in [1.82, 2.24) is 14.5 Å². The molecule has 0 radical (unpaired) electrons. The SMILES string of the molecule is CCc1nc2c(C)cc(C)nc2n1Cc1ccc2c(c1)CCc1cc(CN)ccc1N2. The number of aryl methyl sites for hydroxylation is 5. The summed E-state index contributed by atoms with van der Waals surface area (Å²) in [6.45, 7) is 7.70. The van der Waals surface area contributed by atoms with Crippen molar-refractivity contribution in [3.8, 4) is 0 Å². The highest BCUT2D eigenvalue weighted by Crippen LogP contribution is 2.32. The molecule has 0 saturated heterocycles. The molecule has 1 aliphatic heterocycles. The molecule has 3 heterocycles. The number of fused-ring (bicyclic) bond motifs is 3. The standard InChI is InChI=1S/C26H29N5/c1-4-24-30-25-16(2)11-17(3)28-26(25)31(24)15-19-6-10-23-21(13-19)8-7-20-12-18(14-27)5-9-22(20)29-23/h5-6,9-13,29H,4,7-8,14-15,27H2,1-3H3. The predicted octanol–water partition coefficient (Wildman–Crippen LogP) is 4.96. The van der Waals surface area contributed by atoms with E-state index in [1.54, 1.807) is 0 Å². The van der Waals surface area contributed by atoms with Gasteiger partial charge in [-0.15, -0.1) is 0 Å². The monoisotopic (exact) mass is 411 g/mol. The van der Waals surface area contributed by atoms with Crippen LogP contribution in [0.3, 0.4) is 0 Å². The van der Waals surface area contributed by atoms with Gasteiger partial charge in [-0.1, -0.05) is 31.2 Å². The highest BCUT2D eigenvalue weighted by Gasteiger charge is 2.16. The zero-order valence-electron chi connectivity index (χ0n) is 18.5. The Morgan fingerprint density at radius 2 is 1.61 bits per heavy atom. The fourth-order valence-electron chi connectivity index (χ4n) is 4.66. The van der Waals surface area contributed by atoms with Gasteiger partial charge < -0.3 is 15.6 Å². The van der Waals surface area contributed by atoms with Crippen molar-refractivity contribution < 1.29 is 0 Å². The van der Waals surface area contributed by atoms with E-state index in [2.05, 4.69) is 73.1 Å². The van der Waals surface area contributed by atoms with E-state index in [1.807, 2.05) is 0 Å². The van der Waals surface area contributed by atoms with Gasteiger partial charge in [0.1, 0.15) is 11.3 Å². The van der Waals surface area contributed by atoms with Crippen LogP contribution in [-0.4, -0.2) is 14.5 Å². The van der Waals surface area contributed by atoms with Crippen molar-refractivity contribution in [3.05, 3.63) is 81.8 Å². The van der Waals surface area contributed by atoms with Gasteiger partial charge in [0.05, 0.1) is 6.54 Å². The molecule has 2 aromatic carbocycles. The Bertz CT molecular complexity index is 1280. The molecule has 0 aliphatic carbocycles. The second kappa shape index (κ2) is 7.82. The third kappa shape index (κ3) is 3.59. The third-order valence-electron chi connectivity index (χ3n) is 6.27. The van der Waals surface area contributed by atoms with E-state index in [0.29, 0.717) is 6.54 Å². The molecule has 31 heavy (non-hydrogen) atoms. The van der Waals surface area contributed by atoms with Crippen LogP contribution in [0.25, 0.3) is 11.2 Å². The van der Waals surface area contributed by atoms with Crippen molar-refractivity contribution in [2.45, 2.75) is 53.1 Å². The summed E-state index contributed by atoms with van der Waals surface area (Å²) in [5.41, 5.74) is 17.6. The van der Waals surface area contributed by atoms with Gasteiger partial charge in [0.2, 0.25) is 0 Å². The molecule has 2 aromatic heterocycles. The molecular weight excluding hydrogens is 382 g/mol. The van der Waals surface area contributed by atoms with Gasteiger partial charge in [-0.05, 0) is 72.7 Å². The smallest absolute Gasteiger partial charge is 0.160 e. The third-order valence-corrected chi connectivity index (χ3v) is 6.27. The number of benzene rings is 2. The van der Waals surface area contributed by atoms with Crippen molar-refractivity contribution in [2.24, 2.45) is 5.73 Å². The topological polar surface area (TPSA) is 68.8 Å². The van der Waals surface area contributed by atoms with E-state index < -0.39 is 0 Å². The van der Waals surface area contributed by atoms with E-state index in [4.69, 9.17) is 15.7 Å². The first-order valence-electron chi connectivity index (χ1n) is 11.1. The molecule has 5 heteroatoms. The Balaban J connectivity index is 1.49. The van der Waals surface area contributed by atoms with Gasteiger partial charge in [-0.2, -0.15) is 0 Å². The molecule has 0 amide bonds. The summed E-state index contributed by atoms with van der Waals surface area (Å²) in [6, 6.07) is 15.4. The number of pyridine rings is 1. The maximum absolute atomic E-state index is 5.84. The van der Waals surface area contributed by atoms with Gasteiger partial charge in [0.25, 0.3) is 0 Å². The molecule has 0 saturated carbocycles. The summed E-state index contributed by atoms with van der Waals surface area (Å²) < 4.78 is 2.28. The number of nitrogens with zero attached hydrogens (tertiary/aromatic N) is 3. The first kappa shape index (κ1) is 19.8. The summed E-state index contributed by atoms with van der Waals surface area (Å²) in [4.78, 5) is 9.72. The summed E-state index contributed by atoms with van der Waals surface area (Å²) >= 11 is 0. The lowest BCUT2D eigenvalue weighted by atomic mass is 10.0. The van der Waals surface area contributed by atoms with Crippen LogP contribution >= 0.6 is 0 Å². The zero-order valence-corrected chi connectivity index (χ0v) is 18.5. The largest absolute Gasteiger partial charge is 0.355 e. The van der Waals surface area contributed by atoms with Gasteiger partial charge in [0.15, 0.2) is 5.65 Å². The van der Waals surface area contributed by atoms with Crippen LogP contribution in [0.15, 0.2) is 42.5 Å². The molecular formula is C26H29N5. The maximum Gasteiger partial charge on any atom is 0.160 e. The molecule has 0 bridgehead atoms. The number of nitrogens with one attached hydrogen (secondary N) is 1. The van der Waals surface area contributed by atoms with Crippen molar-refractivity contribution in [3.63, 3.8) is 0 Å². The van der Waals surface area contributed by atoms with Gasteiger partial charge in [-0.25, -0.2) is 9.97 Å². The molecule has 0 atom stereocenters. The first-order valence-corrected chi connectivity index (χ1v) is 11.1. The highest BCUT2D eigenvalue weighted by atomic mass is 15.1. The van der Waals surface area contributed by atoms with Crippen LogP contribution in [0.2, 0.25) is 0 Å². The predicted molar refractivity (Wildman–Crippen MR) is 127 cm³/mol. The molecule has 4 aromatic rings. The van der Waals surface area contributed by atoms with Crippen molar-refractivity contribution in [1.29, 1.82) is 0 Å². The molecule has 158 valence electrons. The number of hydrogen-bond acceptors (Lipinski definition) is 4. The maximum atomic E-state index is 5.84. The van der Waals surface area contributed by atoms with Crippen LogP contribution in [-0.2, 0) is 32.4 Å². The quantitative estimate of drug-likeness (QED) is 0.498. The first-order chi connectivity index (χ1) is 15.1. The van der Waals surface area contributed by atoms with E-state index in [1.165, 1.54) is 39.2 Å². The lowest BCUT2D eigenvalue weighted by molar-refractivity contribution is 0.744. The van der Waals surface area contributed by atoms with Crippen molar-refractivity contribution in [2.75, 3.05) is 5.32 Å². The van der Waals surface area contributed by atoms with Crippen LogP contribution in [0, 0.1) is 13.8 Å². The number of hydrogen-bond donors (Lipinski definition) is 2. The minimum Gasteiger partial charge on any atom is -0.355 e. The second-order valence-corrected chi connectivity index (χ2v) is 8.53. The number of imidazole rings is 1.